The lowest BCUT2D eigenvalue weighted by atomic mass is 10.2. The minimum atomic E-state index is -0.464. The van der Waals surface area contributed by atoms with E-state index in [9.17, 15) is 10.1 Å². The molecule has 1 rings (SSSR count). The number of rotatable bonds is 7. The van der Waals surface area contributed by atoms with Gasteiger partial charge in [-0.15, -0.1) is 0 Å². The van der Waals surface area contributed by atoms with Gasteiger partial charge in [0, 0.05) is 17.1 Å². The predicted molar refractivity (Wildman–Crippen MR) is 70.9 cm³/mol. The van der Waals surface area contributed by atoms with Gasteiger partial charge in [-0.1, -0.05) is 15.9 Å². The molecule has 0 radical (unpaired) electrons. The molecule has 0 saturated carbocycles. The second kappa shape index (κ2) is 7.30. The number of hydrogen-bond donors (Lipinski definition) is 1. The molecule has 0 unspecified atom stereocenters. The molecule has 2 N–H and O–H groups in total. The van der Waals surface area contributed by atoms with E-state index in [2.05, 4.69) is 15.9 Å². The SMILES string of the molecule is Cc1cc(Br)cc([N+](=O)[O-])c1OCCOCCN. The molecular formula is C11H15BrN2O4. The first-order valence-electron chi connectivity index (χ1n) is 5.41. The molecule has 0 spiro atoms. The van der Waals surface area contributed by atoms with E-state index in [-0.39, 0.29) is 18.0 Å². The van der Waals surface area contributed by atoms with Gasteiger partial charge in [0.1, 0.15) is 6.61 Å². The van der Waals surface area contributed by atoms with Crippen molar-refractivity contribution in [1.29, 1.82) is 0 Å². The molecule has 0 aliphatic heterocycles. The third kappa shape index (κ3) is 4.25. The van der Waals surface area contributed by atoms with Gasteiger partial charge in [-0.05, 0) is 18.6 Å². The summed E-state index contributed by atoms with van der Waals surface area (Å²) >= 11 is 3.22. The number of hydrogen-bond acceptors (Lipinski definition) is 5. The molecule has 0 aliphatic rings. The van der Waals surface area contributed by atoms with E-state index in [0.717, 1.165) is 0 Å². The summed E-state index contributed by atoms with van der Waals surface area (Å²) in [5.41, 5.74) is 5.91. The molecule has 1 aromatic carbocycles. The predicted octanol–water partition coefficient (Wildman–Crippen LogP) is 2.02. The summed E-state index contributed by atoms with van der Waals surface area (Å²) in [7, 11) is 0. The quantitative estimate of drug-likeness (QED) is 0.472. The zero-order valence-electron chi connectivity index (χ0n) is 10.0. The molecule has 1 aromatic rings. The normalized spacial score (nSPS) is 10.4. The Morgan fingerprint density at radius 1 is 1.39 bits per heavy atom. The molecular weight excluding hydrogens is 304 g/mol. The minimum Gasteiger partial charge on any atom is -0.484 e. The van der Waals surface area contributed by atoms with Gasteiger partial charge < -0.3 is 15.2 Å². The van der Waals surface area contributed by atoms with Gasteiger partial charge in [-0.3, -0.25) is 10.1 Å². The summed E-state index contributed by atoms with van der Waals surface area (Å²) in [6.07, 6.45) is 0. The molecule has 18 heavy (non-hydrogen) atoms. The topological polar surface area (TPSA) is 87.6 Å². The van der Waals surface area contributed by atoms with E-state index >= 15 is 0 Å². The molecule has 0 aromatic heterocycles. The van der Waals surface area contributed by atoms with Crippen LogP contribution in [0.25, 0.3) is 0 Å². The molecule has 100 valence electrons. The Bertz CT molecular complexity index is 426. The van der Waals surface area contributed by atoms with Crippen LogP contribution in [0, 0.1) is 17.0 Å². The van der Waals surface area contributed by atoms with Crippen molar-refractivity contribution in [3.63, 3.8) is 0 Å². The molecule has 7 heteroatoms. The molecule has 0 heterocycles. The highest BCUT2D eigenvalue weighted by Gasteiger charge is 2.18. The van der Waals surface area contributed by atoms with Gasteiger partial charge in [-0.2, -0.15) is 0 Å². The van der Waals surface area contributed by atoms with Crippen LogP contribution in [0.5, 0.6) is 5.75 Å². The van der Waals surface area contributed by atoms with Crippen LogP contribution < -0.4 is 10.5 Å². The van der Waals surface area contributed by atoms with E-state index in [0.29, 0.717) is 29.8 Å². The summed E-state index contributed by atoms with van der Waals surface area (Å²) in [6.45, 7) is 3.25. The van der Waals surface area contributed by atoms with E-state index in [4.69, 9.17) is 15.2 Å². The molecule has 0 amide bonds. The molecule has 6 nitrogen and oxygen atoms in total. The lowest BCUT2D eigenvalue weighted by molar-refractivity contribution is -0.386. The van der Waals surface area contributed by atoms with Crippen molar-refractivity contribution < 1.29 is 14.4 Å². The lowest BCUT2D eigenvalue weighted by Gasteiger charge is -2.10. The van der Waals surface area contributed by atoms with Gasteiger partial charge in [0.15, 0.2) is 5.75 Å². The highest BCUT2D eigenvalue weighted by atomic mass is 79.9. The Balaban J connectivity index is 2.71. The van der Waals surface area contributed by atoms with Gasteiger partial charge in [0.05, 0.1) is 18.1 Å². The summed E-state index contributed by atoms with van der Waals surface area (Å²) in [6, 6.07) is 3.19. The Hall–Kier alpha value is -1.18. The van der Waals surface area contributed by atoms with Crippen molar-refractivity contribution in [2.45, 2.75) is 6.92 Å². The van der Waals surface area contributed by atoms with Crippen LogP contribution in [0.3, 0.4) is 0 Å². The number of nitrogens with zero attached hydrogens (tertiary/aromatic N) is 1. The maximum atomic E-state index is 10.9. The minimum absolute atomic E-state index is 0.0549. The Morgan fingerprint density at radius 3 is 2.72 bits per heavy atom. The maximum Gasteiger partial charge on any atom is 0.312 e. The van der Waals surface area contributed by atoms with Crippen LogP contribution in [0.1, 0.15) is 5.56 Å². The number of benzene rings is 1. The van der Waals surface area contributed by atoms with E-state index in [1.807, 2.05) is 0 Å². The Labute approximate surface area is 113 Å². The van der Waals surface area contributed by atoms with Crippen LogP contribution >= 0.6 is 15.9 Å². The van der Waals surface area contributed by atoms with Gasteiger partial charge >= 0.3 is 5.69 Å². The summed E-state index contributed by atoms with van der Waals surface area (Å²) in [5.74, 6) is 0.277. The summed E-state index contributed by atoms with van der Waals surface area (Å²) in [4.78, 5) is 10.5. The molecule has 0 bridgehead atoms. The maximum absolute atomic E-state index is 10.9. The summed E-state index contributed by atoms with van der Waals surface area (Å²) < 4.78 is 11.2. The average molecular weight is 319 g/mol. The molecule has 0 aliphatic carbocycles. The third-order valence-corrected chi connectivity index (χ3v) is 2.61. The number of aryl methyl sites for hydroxylation is 1. The Kier molecular flexibility index (Phi) is 6.03. The molecule has 0 fully saturated rings. The van der Waals surface area contributed by atoms with Crippen LogP contribution in [0.4, 0.5) is 5.69 Å². The van der Waals surface area contributed by atoms with Crippen molar-refractivity contribution in [2.24, 2.45) is 5.73 Å². The fourth-order valence-corrected chi connectivity index (χ4v) is 1.98. The first kappa shape index (κ1) is 14.9. The number of nitro groups is 1. The highest BCUT2D eigenvalue weighted by Crippen LogP contribution is 2.33. The van der Waals surface area contributed by atoms with Gasteiger partial charge in [0.2, 0.25) is 0 Å². The fraction of sp³-hybridized carbons (Fsp3) is 0.455. The first-order chi connectivity index (χ1) is 8.56. The lowest BCUT2D eigenvalue weighted by Crippen LogP contribution is -2.13. The van der Waals surface area contributed by atoms with Crippen molar-refractivity contribution in [3.05, 3.63) is 32.3 Å². The monoisotopic (exact) mass is 318 g/mol. The van der Waals surface area contributed by atoms with Crippen molar-refractivity contribution >= 4 is 21.6 Å². The Morgan fingerprint density at radius 2 is 2.11 bits per heavy atom. The van der Waals surface area contributed by atoms with Crippen molar-refractivity contribution in [3.8, 4) is 5.75 Å². The third-order valence-electron chi connectivity index (χ3n) is 2.15. The smallest absolute Gasteiger partial charge is 0.312 e. The standard InChI is InChI=1S/C11H15BrN2O4/c1-8-6-9(12)7-10(14(15)16)11(8)18-5-4-17-3-2-13/h6-7H,2-5,13H2,1H3. The number of nitro benzene ring substituents is 1. The second-order valence-electron chi connectivity index (χ2n) is 3.58. The van der Waals surface area contributed by atoms with Crippen LogP contribution in [-0.4, -0.2) is 31.3 Å². The average Bonchev–Trinajstić information content (AvgIpc) is 2.30. The second-order valence-corrected chi connectivity index (χ2v) is 4.49. The van der Waals surface area contributed by atoms with Crippen molar-refractivity contribution in [2.75, 3.05) is 26.4 Å². The van der Waals surface area contributed by atoms with Crippen LogP contribution in [-0.2, 0) is 4.74 Å². The highest BCUT2D eigenvalue weighted by molar-refractivity contribution is 9.10. The largest absolute Gasteiger partial charge is 0.484 e. The number of halogens is 1. The molecule has 0 atom stereocenters. The number of ether oxygens (including phenoxy) is 2. The van der Waals surface area contributed by atoms with Crippen LogP contribution in [0.2, 0.25) is 0 Å². The zero-order chi connectivity index (χ0) is 13.5. The van der Waals surface area contributed by atoms with E-state index in [1.165, 1.54) is 6.07 Å². The van der Waals surface area contributed by atoms with Gasteiger partial charge in [0.25, 0.3) is 0 Å². The van der Waals surface area contributed by atoms with E-state index in [1.54, 1.807) is 13.0 Å². The zero-order valence-corrected chi connectivity index (χ0v) is 11.6. The fourth-order valence-electron chi connectivity index (χ4n) is 1.42. The number of nitrogens with two attached hydrogens (primary N) is 1. The molecule has 0 saturated heterocycles. The summed E-state index contributed by atoms with van der Waals surface area (Å²) in [5, 5.41) is 10.9. The van der Waals surface area contributed by atoms with Crippen LogP contribution in [0.15, 0.2) is 16.6 Å². The first-order valence-corrected chi connectivity index (χ1v) is 6.20. The van der Waals surface area contributed by atoms with E-state index < -0.39 is 4.92 Å². The van der Waals surface area contributed by atoms with Crippen molar-refractivity contribution in [1.82, 2.24) is 0 Å². The van der Waals surface area contributed by atoms with Gasteiger partial charge in [-0.25, -0.2) is 0 Å².